The van der Waals surface area contributed by atoms with Crippen LogP contribution in [0.5, 0.6) is 5.75 Å². The molecule has 3 rings (SSSR count). The van der Waals surface area contributed by atoms with Crippen LogP contribution in [0, 0.1) is 0 Å². The molecule has 2 aromatic carbocycles. The first-order valence-corrected chi connectivity index (χ1v) is 7.16. The van der Waals surface area contributed by atoms with Gasteiger partial charge in [0.2, 0.25) is 0 Å². The van der Waals surface area contributed by atoms with Gasteiger partial charge in [0, 0.05) is 6.20 Å². The Bertz CT molecular complexity index is 704. The zero-order valence-electron chi connectivity index (χ0n) is 12.1. The molecule has 0 saturated carbocycles. The Labute approximate surface area is 124 Å². The number of benzene rings is 2. The van der Waals surface area contributed by atoms with E-state index in [1.165, 1.54) is 5.56 Å². The lowest BCUT2D eigenvalue weighted by atomic mass is 10.2. The second kappa shape index (κ2) is 6.27. The number of aromatic nitrogens is 2. The molecular weight excluding hydrogens is 260 g/mol. The molecule has 0 aliphatic rings. The van der Waals surface area contributed by atoms with E-state index in [0.717, 1.165) is 23.4 Å². The fourth-order valence-electron chi connectivity index (χ4n) is 2.16. The molecular formula is C18H18N2O. The standard InChI is InChI=1S/C18H18N2O/c1-2-15-12-19-20(13-15)17-8-6-7-16(11-17)14-21-18-9-4-3-5-10-18/h3-13H,2,14H2,1H3. The fourth-order valence-corrected chi connectivity index (χ4v) is 2.16. The third-order valence-electron chi connectivity index (χ3n) is 3.37. The number of rotatable bonds is 5. The van der Waals surface area contributed by atoms with Crippen LogP contribution >= 0.6 is 0 Å². The van der Waals surface area contributed by atoms with Gasteiger partial charge in [0.05, 0.1) is 11.9 Å². The summed E-state index contributed by atoms with van der Waals surface area (Å²) in [6.07, 6.45) is 4.97. The van der Waals surface area contributed by atoms with E-state index in [1.54, 1.807) is 0 Å². The number of aryl methyl sites for hydroxylation is 1. The molecule has 106 valence electrons. The zero-order valence-corrected chi connectivity index (χ0v) is 12.1. The minimum atomic E-state index is 0.555. The van der Waals surface area contributed by atoms with Crippen LogP contribution in [0.25, 0.3) is 5.69 Å². The van der Waals surface area contributed by atoms with Crippen molar-refractivity contribution >= 4 is 0 Å². The maximum absolute atomic E-state index is 5.78. The second-order valence-electron chi connectivity index (χ2n) is 4.92. The lowest BCUT2D eigenvalue weighted by Gasteiger charge is -2.08. The molecule has 3 nitrogen and oxygen atoms in total. The summed E-state index contributed by atoms with van der Waals surface area (Å²) in [7, 11) is 0. The van der Waals surface area contributed by atoms with Gasteiger partial charge in [-0.1, -0.05) is 37.3 Å². The van der Waals surface area contributed by atoms with E-state index in [0.29, 0.717) is 6.61 Å². The maximum atomic E-state index is 5.78. The van der Waals surface area contributed by atoms with Gasteiger partial charge in [0.1, 0.15) is 12.4 Å². The van der Waals surface area contributed by atoms with E-state index in [4.69, 9.17) is 4.74 Å². The number of para-hydroxylation sites is 1. The van der Waals surface area contributed by atoms with Crippen molar-refractivity contribution in [1.82, 2.24) is 9.78 Å². The molecule has 0 spiro atoms. The van der Waals surface area contributed by atoms with Crippen molar-refractivity contribution in [3.8, 4) is 11.4 Å². The highest BCUT2D eigenvalue weighted by Crippen LogP contribution is 2.15. The smallest absolute Gasteiger partial charge is 0.119 e. The van der Waals surface area contributed by atoms with Crippen molar-refractivity contribution in [3.05, 3.63) is 78.1 Å². The van der Waals surface area contributed by atoms with Gasteiger partial charge < -0.3 is 4.74 Å². The Morgan fingerprint density at radius 3 is 2.62 bits per heavy atom. The zero-order chi connectivity index (χ0) is 14.5. The van der Waals surface area contributed by atoms with Gasteiger partial charge in [-0.3, -0.25) is 0 Å². The summed E-state index contributed by atoms with van der Waals surface area (Å²) >= 11 is 0. The monoisotopic (exact) mass is 278 g/mol. The molecule has 0 bridgehead atoms. The van der Waals surface area contributed by atoms with Crippen molar-refractivity contribution < 1.29 is 4.74 Å². The Morgan fingerprint density at radius 1 is 1.00 bits per heavy atom. The first kappa shape index (κ1) is 13.4. The molecule has 1 heterocycles. The fraction of sp³-hybridized carbons (Fsp3) is 0.167. The maximum Gasteiger partial charge on any atom is 0.119 e. The summed E-state index contributed by atoms with van der Waals surface area (Å²) in [5, 5.41) is 4.39. The largest absolute Gasteiger partial charge is 0.489 e. The Morgan fingerprint density at radius 2 is 1.86 bits per heavy atom. The number of hydrogen-bond donors (Lipinski definition) is 0. The normalized spacial score (nSPS) is 10.5. The van der Waals surface area contributed by atoms with Gasteiger partial charge in [-0.2, -0.15) is 5.10 Å². The lowest BCUT2D eigenvalue weighted by molar-refractivity contribution is 0.306. The van der Waals surface area contributed by atoms with Crippen molar-refractivity contribution in [2.24, 2.45) is 0 Å². The van der Waals surface area contributed by atoms with Gasteiger partial charge in [-0.05, 0) is 41.8 Å². The van der Waals surface area contributed by atoms with Crippen molar-refractivity contribution in [2.75, 3.05) is 0 Å². The van der Waals surface area contributed by atoms with Crippen LogP contribution in [0.3, 0.4) is 0 Å². The van der Waals surface area contributed by atoms with Crippen LogP contribution in [-0.4, -0.2) is 9.78 Å². The van der Waals surface area contributed by atoms with Gasteiger partial charge in [-0.15, -0.1) is 0 Å². The summed E-state index contributed by atoms with van der Waals surface area (Å²) in [6, 6.07) is 18.1. The van der Waals surface area contributed by atoms with E-state index in [9.17, 15) is 0 Å². The van der Waals surface area contributed by atoms with Crippen LogP contribution in [0.4, 0.5) is 0 Å². The van der Waals surface area contributed by atoms with Gasteiger partial charge in [-0.25, -0.2) is 4.68 Å². The first-order valence-electron chi connectivity index (χ1n) is 7.16. The van der Waals surface area contributed by atoms with E-state index in [-0.39, 0.29) is 0 Å². The summed E-state index contributed by atoms with van der Waals surface area (Å²) in [6.45, 7) is 2.69. The molecule has 3 aromatic rings. The molecule has 0 saturated heterocycles. The molecule has 0 unspecified atom stereocenters. The van der Waals surface area contributed by atoms with Gasteiger partial charge >= 0.3 is 0 Å². The van der Waals surface area contributed by atoms with E-state index in [1.807, 2.05) is 47.3 Å². The molecule has 0 atom stereocenters. The molecule has 0 fully saturated rings. The molecule has 0 radical (unpaired) electrons. The average Bonchev–Trinajstić information content (AvgIpc) is 3.03. The number of hydrogen-bond acceptors (Lipinski definition) is 2. The second-order valence-corrected chi connectivity index (χ2v) is 4.92. The quantitative estimate of drug-likeness (QED) is 0.705. The van der Waals surface area contributed by atoms with E-state index < -0.39 is 0 Å². The topological polar surface area (TPSA) is 27.1 Å². The molecule has 3 heteroatoms. The predicted molar refractivity (Wildman–Crippen MR) is 83.7 cm³/mol. The van der Waals surface area contributed by atoms with Crippen molar-refractivity contribution in [1.29, 1.82) is 0 Å². The predicted octanol–water partition coefficient (Wildman–Crippen LogP) is 4.01. The van der Waals surface area contributed by atoms with Crippen molar-refractivity contribution in [3.63, 3.8) is 0 Å². The summed E-state index contributed by atoms with van der Waals surface area (Å²) in [5.41, 5.74) is 3.43. The summed E-state index contributed by atoms with van der Waals surface area (Å²) < 4.78 is 7.69. The molecule has 1 aromatic heterocycles. The van der Waals surface area contributed by atoms with E-state index in [2.05, 4.69) is 36.4 Å². The number of nitrogens with zero attached hydrogens (tertiary/aromatic N) is 2. The van der Waals surface area contributed by atoms with Crippen LogP contribution in [-0.2, 0) is 13.0 Å². The highest BCUT2D eigenvalue weighted by Gasteiger charge is 2.02. The Hall–Kier alpha value is -2.55. The molecule has 0 aliphatic carbocycles. The third-order valence-corrected chi connectivity index (χ3v) is 3.37. The molecule has 0 N–H and O–H groups in total. The van der Waals surface area contributed by atoms with Gasteiger partial charge in [0.15, 0.2) is 0 Å². The molecule has 0 amide bonds. The molecule has 0 aliphatic heterocycles. The van der Waals surface area contributed by atoms with Crippen LogP contribution in [0.1, 0.15) is 18.1 Å². The summed E-state index contributed by atoms with van der Waals surface area (Å²) in [5.74, 6) is 0.885. The molecule has 21 heavy (non-hydrogen) atoms. The SMILES string of the molecule is CCc1cnn(-c2cccc(COc3ccccc3)c2)c1. The van der Waals surface area contributed by atoms with Crippen LogP contribution in [0.15, 0.2) is 67.0 Å². The van der Waals surface area contributed by atoms with Crippen molar-refractivity contribution in [2.45, 2.75) is 20.0 Å². The third kappa shape index (κ3) is 3.31. The Balaban J connectivity index is 1.74. The van der Waals surface area contributed by atoms with Crippen LogP contribution in [0.2, 0.25) is 0 Å². The Kier molecular flexibility index (Phi) is 4.01. The number of ether oxygens (including phenoxy) is 1. The highest BCUT2D eigenvalue weighted by atomic mass is 16.5. The van der Waals surface area contributed by atoms with Gasteiger partial charge in [0.25, 0.3) is 0 Å². The highest BCUT2D eigenvalue weighted by molar-refractivity contribution is 5.35. The minimum absolute atomic E-state index is 0.555. The average molecular weight is 278 g/mol. The first-order chi connectivity index (χ1) is 10.3. The minimum Gasteiger partial charge on any atom is -0.489 e. The lowest BCUT2D eigenvalue weighted by Crippen LogP contribution is -1.99. The summed E-state index contributed by atoms with van der Waals surface area (Å²) in [4.78, 5) is 0. The van der Waals surface area contributed by atoms with E-state index >= 15 is 0 Å². The van der Waals surface area contributed by atoms with Crippen LogP contribution < -0.4 is 4.74 Å².